The van der Waals surface area contributed by atoms with E-state index < -0.39 is 5.60 Å². The lowest BCUT2D eigenvalue weighted by atomic mass is 9.91. The van der Waals surface area contributed by atoms with E-state index in [4.69, 9.17) is 0 Å². The van der Waals surface area contributed by atoms with Crippen LogP contribution in [0.1, 0.15) is 25.3 Å². The van der Waals surface area contributed by atoms with Crippen molar-refractivity contribution in [2.75, 3.05) is 0 Å². The Hall–Kier alpha value is -0.340. The molecule has 1 unspecified atom stereocenters. The highest BCUT2D eigenvalue weighted by Gasteiger charge is 2.40. The summed E-state index contributed by atoms with van der Waals surface area (Å²) < 4.78 is 1.06. The average Bonchev–Trinajstić information content (AvgIpc) is 2.87. The normalized spacial score (nSPS) is 21.2. The molecule has 1 aliphatic rings. The van der Waals surface area contributed by atoms with Crippen LogP contribution in [0.3, 0.4) is 0 Å². The van der Waals surface area contributed by atoms with Crippen LogP contribution in [-0.2, 0) is 5.60 Å². The first-order chi connectivity index (χ1) is 6.10. The molecule has 0 aliphatic heterocycles. The van der Waals surface area contributed by atoms with E-state index in [2.05, 4.69) is 15.9 Å². The highest BCUT2D eigenvalue weighted by Crippen LogP contribution is 2.45. The fourth-order valence-corrected chi connectivity index (χ4v) is 1.93. The molecule has 13 heavy (non-hydrogen) atoms. The van der Waals surface area contributed by atoms with E-state index in [1.54, 1.807) is 0 Å². The van der Waals surface area contributed by atoms with Gasteiger partial charge in [0.1, 0.15) is 0 Å². The molecule has 0 saturated heterocycles. The van der Waals surface area contributed by atoms with Crippen LogP contribution in [-0.4, -0.2) is 5.11 Å². The van der Waals surface area contributed by atoms with Gasteiger partial charge in [-0.05, 0) is 43.4 Å². The number of hydrogen-bond acceptors (Lipinski definition) is 1. The molecule has 2 rings (SSSR count). The van der Waals surface area contributed by atoms with Gasteiger partial charge in [0.15, 0.2) is 0 Å². The largest absolute Gasteiger partial charge is 0.385 e. The van der Waals surface area contributed by atoms with Crippen LogP contribution in [0, 0.1) is 5.92 Å². The maximum Gasteiger partial charge on any atom is 0.0896 e. The van der Waals surface area contributed by atoms with Crippen LogP contribution in [0.4, 0.5) is 0 Å². The molecular formula is C11H13BrO. The van der Waals surface area contributed by atoms with Crippen molar-refractivity contribution < 1.29 is 5.11 Å². The predicted molar refractivity (Wildman–Crippen MR) is 56.4 cm³/mol. The SMILES string of the molecule is CC(O)(c1ccc(Br)cc1)C1CC1. The van der Waals surface area contributed by atoms with Crippen LogP contribution >= 0.6 is 15.9 Å². The predicted octanol–water partition coefficient (Wildman–Crippen LogP) is 3.07. The first kappa shape index (κ1) is 9.22. The first-order valence-electron chi connectivity index (χ1n) is 4.59. The van der Waals surface area contributed by atoms with Gasteiger partial charge in [0, 0.05) is 4.47 Å². The Morgan fingerprint density at radius 2 is 1.85 bits per heavy atom. The quantitative estimate of drug-likeness (QED) is 0.843. The Morgan fingerprint density at radius 3 is 2.31 bits per heavy atom. The summed E-state index contributed by atoms with van der Waals surface area (Å²) in [5, 5.41) is 10.2. The van der Waals surface area contributed by atoms with E-state index in [9.17, 15) is 5.11 Å². The van der Waals surface area contributed by atoms with Crippen LogP contribution in [0.25, 0.3) is 0 Å². The molecule has 0 amide bonds. The molecule has 1 aromatic rings. The van der Waals surface area contributed by atoms with Gasteiger partial charge in [-0.1, -0.05) is 28.1 Å². The summed E-state index contributed by atoms with van der Waals surface area (Å²) in [6.07, 6.45) is 2.31. The molecule has 2 heteroatoms. The summed E-state index contributed by atoms with van der Waals surface area (Å²) in [5.74, 6) is 0.466. The van der Waals surface area contributed by atoms with Crippen LogP contribution in [0.2, 0.25) is 0 Å². The van der Waals surface area contributed by atoms with Crippen molar-refractivity contribution in [2.24, 2.45) is 5.92 Å². The third-order valence-electron chi connectivity index (χ3n) is 2.80. The van der Waals surface area contributed by atoms with Crippen molar-refractivity contribution >= 4 is 15.9 Å². The summed E-state index contributed by atoms with van der Waals surface area (Å²) in [4.78, 5) is 0. The Balaban J connectivity index is 2.28. The topological polar surface area (TPSA) is 20.2 Å². The lowest BCUT2D eigenvalue weighted by Crippen LogP contribution is -2.23. The van der Waals surface area contributed by atoms with Gasteiger partial charge in [-0.15, -0.1) is 0 Å². The van der Waals surface area contributed by atoms with Gasteiger partial charge in [0.05, 0.1) is 5.60 Å². The van der Waals surface area contributed by atoms with Crippen LogP contribution in [0.15, 0.2) is 28.7 Å². The zero-order valence-electron chi connectivity index (χ0n) is 7.63. The van der Waals surface area contributed by atoms with E-state index in [1.807, 2.05) is 31.2 Å². The number of halogens is 1. The Morgan fingerprint density at radius 1 is 1.31 bits per heavy atom. The third-order valence-corrected chi connectivity index (χ3v) is 3.33. The molecule has 1 nitrogen and oxygen atoms in total. The highest BCUT2D eigenvalue weighted by molar-refractivity contribution is 9.10. The number of aliphatic hydroxyl groups is 1. The van der Waals surface area contributed by atoms with Gasteiger partial charge in [-0.3, -0.25) is 0 Å². The second-order valence-electron chi connectivity index (χ2n) is 3.93. The van der Waals surface area contributed by atoms with Gasteiger partial charge < -0.3 is 5.11 Å². The minimum Gasteiger partial charge on any atom is -0.385 e. The van der Waals surface area contributed by atoms with Gasteiger partial charge in [0.25, 0.3) is 0 Å². The third kappa shape index (κ3) is 1.79. The molecule has 0 heterocycles. The molecule has 1 aliphatic carbocycles. The molecule has 0 bridgehead atoms. The summed E-state index contributed by atoms with van der Waals surface area (Å²) >= 11 is 3.38. The summed E-state index contributed by atoms with van der Waals surface area (Å²) in [7, 11) is 0. The standard InChI is InChI=1S/C11H13BrO/c1-11(13,8-2-3-8)9-4-6-10(12)7-5-9/h4-8,13H,2-3H2,1H3. The molecule has 70 valence electrons. The molecule has 1 aromatic carbocycles. The highest BCUT2D eigenvalue weighted by atomic mass is 79.9. The maximum atomic E-state index is 10.2. The van der Waals surface area contributed by atoms with Crippen molar-refractivity contribution in [2.45, 2.75) is 25.4 Å². The van der Waals surface area contributed by atoms with Gasteiger partial charge in [0.2, 0.25) is 0 Å². The molecular weight excluding hydrogens is 228 g/mol. The smallest absolute Gasteiger partial charge is 0.0896 e. The fourth-order valence-electron chi connectivity index (χ4n) is 1.67. The second-order valence-corrected chi connectivity index (χ2v) is 4.84. The van der Waals surface area contributed by atoms with Crippen LogP contribution < -0.4 is 0 Å². The molecule has 0 radical (unpaired) electrons. The maximum absolute atomic E-state index is 10.2. The summed E-state index contributed by atoms with van der Waals surface area (Å²) in [6.45, 7) is 1.91. The second kappa shape index (κ2) is 3.10. The lowest BCUT2D eigenvalue weighted by molar-refractivity contribution is 0.0331. The fraction of sp³-hybridized carbons (Fsp3) is 0.455. The Kier molecular flexibility index (Phi) is 2.20. The van der Waals surface area contributed by atoms with Gasteiger partial charge in [-0.2, -0.15) is 0 Å². The van der Waals surface area contributed by atoms with Crippen molar-refractivity contribution in [3.63, 3.8) is 0 Å². The van der Waals surface area contributed by atoms with Crippen molar-refractivity contribution in [3.8, 4) is 0 Å². The number of rotatable bonds is 2. The molecule has 0 aromatic heterocycles. The average molecular weight is 241 g/mol. The Labute approximate surface area is 86.9 Å². The number of hydrogen-bond donors (Lipinski definition) is 1. The van der Waals surface area contributed by atoms with Crippen LogP contribution in [0.5, 0.6) is 0 Å². The molecule has 1 fully saturated rings. The first-order valence-corrected chi connectivity index (χ1v) is 5.38. The van der Waals surface area contributed by atoms with Gasteiger partial charge in [-0.25, -0.2) is 0 Å². The van der Waals surface area contributed by atoms with Crippen molar-refractivity contribution in [1.82, 2.24) is 0 Å². The van der Waals surface area contributed by atoms with Crippen molar-refractivity contribution in [3.05, 3.63) is 34.3 Å². The molecule has 0 spiro atoms. The lowest BCUT2D eigenvalue weighted by Gasteiger charge is -2.23. The molecule has 1 atom stereocenters. The Bertz CT molecular complexity index is 298. The minimum absolute atomic E-state index is 0.466. The molecule has 1 N–H and O–H groups in total. The summed E-state index contributed by atoms with van der Waals surface area (Å²) in [6, 6.07) is 7.93. The monoisotopic (exact) mass is 240 g/mol. The van der Waals surface area contributed by atoms with E-state index in [0.29, 0.717) is 5.92 Å². The zero-order chi connectivity index (χ0) is 9.47. The summed E-state index contributed by atoms with van der Waals surface area (Å²) in [5.41, 5.74) is 0.402. The zero-order valence-corrected chi connectivity index (χ0v) is 9.21. The van der Waals surface area contributed by atoms with E-state index in [-0.39, 0.29) is 0 Å². The van der Waals surface area contributed by atoms with E-state index >= 15 is 0 Å². The number of benzene rings is 1. The van der Waals surface area contributed by atoms with E-state index in [1.165, 1.54) is 0 Å². The minimum atomic E-state index is -0.624. The molecule has 1 saturated carbocycles. The van der Waals surface area contributed by atoms with E-state index in [0.717, 1.165) is 22.9 Å². The van der Waals surface area contributed by atoms with Gasteiger partial charge >= 0.3 is 0 Å². The van der Waals surface area contributed by atoms with Crippen molar-refractivity contribution in [1.29, 1.82) is 0 Å².